The third kappa shape index (κ3) is 3.02. The standard InChI is InChI=1S/C24H20O3/c1-26-21-13-12-16(15-22(21)27-2)14-20-23(17-8-4-3-5-9-17)18-10-6-7-11-19(18)24(20)25/h3-15,23H,1-2H3/b20-14+/t23-/m1/s1. The highest BCUT2D eigenvalue weighted by Gasteiger charge is 2.35. The number of Topliss-reactive ketones (excluding diaryl/α,β-unsaturated/α-hetero) is 1. The van der Waals surface area contributed by atoms with Crippen LogP contribution in [0.3, 0.4) is 0 Å². The predicted molar refractivity (Wildman–Crippen MR) is 107 cm³/mol. The number of carbonyl (C=O) groups excluding carboxylic acids is 1. The highest BCUT2D eigenvalue weighted by Crippen LogP contribution is 2.43. The maximum atomic E-state index is 13.1. The molecule has 0 unspecified atom stereocenters. The predicted octanol–water partition coefficient (Wildman–Crippen LogP) is 5.12. The van der Waals surface area contributed by atoms with Gasteiger partial charge in [-0.15, -0.1) is 0 Å². The van der Waals surface area contributed by atoms with Crippen LogP contribution in [0.5, 0.6) is 11.5 Å². The van der Waals surface area contributed by atoms with Crippen molar-refractivity contribution in [3.63, 3.8) is 0 Å². The van der Waals surface area contributed by atoms with Gasteiger partial charge in [0.25, 0.3) is 0 Å². The summed E-state index contributed by atoms with van der Waals surface area (Å²) in [5, 5.41) is 0. The van der Waals surface area contributed by atoms with Crippen LogP contribution in [0.1, 0.15) is 33.0 Å². The summed E-state index contributed by atoms with van der Waals surface area (Å²) < 4.78 is 10.7. The lowest BCUT2D eigenvalue weighted by Gasteiger charge is -2.14. The van der Waals surface area contributed by atoms with Crippen molar-refractivity contribution in [2.45, 2.75) is 5.92 Å². The summed E-state index contributed by atoms with van der Waals surface area (Å²) in [6, 6.07) is 23.7. The zero-order chi connectivity index (χ0) is 18.8. The number of fused-ring (bicyclic) bond motifs is 1. The first kappa shape index (κ1) is 17.1. The fourth-order valence-electron chi connectivity index (χ4n) is 3.69. The molecule has 0 fully saturated rings. The van der Waals surface area contributed by atoms with Crippen LogP contribution in [0.2, 0.25) is 0 Å². The fraction of sp³-hybridized carbons (Fsp3) is 0.125. The molecule has 0 spiro atoms. The van der Waals surface area contributed by atoms with E-state index in [9.17, 15) is 4.79 Å². The highest BCUT2D eigenvalue weighted by molar-refractivity contribution is 6.17. The van der Waals surface area contributed by atoms with Gasteiger partial charge in [0.05, 0.1) is 14.2 Å². The topological polar surface area (TPSA) is 35.5 Å². The first-order valence-corrected chi connectivity index (χ1v) is 8.85. The van der Waals surface area contributed by atoms with Gasteiger partial charge in [-0.2, -0.15) is 0 Å². The van der Waals surface area contributed by atoms with Crippen molar-refractivity contribution in [3.8, 4) is 11.5 Å². The number of carbonyl (C=O) groups is 1. The van der Waals surface area contributed by atoms with Crippen molar-refractivity contribution in [2.24, 2.45) is 0 Å². The smallest absolute Gasteiger partial charge is 0.190 e. The average Bonchev–Trinajstić information content (AvgIpc) is 3.00. The third-order valence-corrected chi connectivity index (χ3v) is 4.95. The Labute approximate surface area is 158 Å². The van der Waals surface area contributed by atoms with Crippen LogP contribution >= 0.6 is 0 Å². The second-order valence-corrected chi connectivity index (χ2v) is 6.47. The molecule has 3 aromatic rings. The quantitative estimate of drug-likeness (QED) is 0.609. The minimum Gasteiger partial charge on any atom is -0.493 e. The number of ether oxygens (including phenoxy) is 2. The van der Waals surface area contributed by atoms with Crippen LogP contribution in [-0.4, -0.2) is 20.0 Å². The van der Waals surface area contributed by atoms with Crippen molar-refractivity contribution in [1.29, 1.82) is 0 Å². The SMILES string of the molecule is COc1ccc(/C=C2/C(=O)c3ccccc3[C@H]2c2ccccc2)cc1OC. The van der Waals surface area contributed by atoms with E-state index in [4.69, 9.17) is 9.47 Å². The van der Waals surface area contributed by atoms with E-state index < -0.39 is 0 Å². The molecule has 1 atom stereocenters. The molecule has 0 amide bonds. The van der Waals surface area contributed by atoms with Crippen molar-refractivity contribution in [2.75, 3.05) is 14.2 Å². The van der Waals surface area contributed by atoms with Gasteiger partial charge in [-0.25, -0.2) is 0 Å². The van der Waals surface area contributed by atoms with Crippen molar-refractivity contribution >= 4 is 11.9 Å². The van der Waals surface area contributed by atoms with Gasteiger partial charge in [0, 0.05) is 17.1 Å². The molecule has 1 aliphatic carbocycles. The van der Waals surface area contributed by atoms with Gasteiger partial charge in [-0.3, -0.25) is 4.79 Å². The first-order chi connectivity index (χ1) is 13.2. The molecule has 0 saturated heterocycles. The lowest BCUT2D eigenvalue weighted by Crippen LogP contribution is -2.02. The van der Waals surface area contributed by atoms with Crippen molar-refractivity contribution in [1.82, 2.24) is 0 Å². The van der Waals surface area contributed by atoms with Crippen LogP contribution in [0, 0.1) is 0 Å². The van der Waals surface area contributed by atoms with E-state index in [-0.39, 0.29) is 11.7 Å². The van der Waals surface area contributed by atoms with Crippen molar-refractivity contribution in [3.05, 3.63) is 101 Å². The minimum absolute atomic E-state index is 0.0667. The Kier molecular flexibility index (Phi) is 4.51. The lowest BCUT2D eigenvalue weighted by atomic mass is 9.89. The molecule has 0 aliphatic heterocycles. The van der Waals surface area contributed by atoms with E-state index in [1.54, 1.807) is 14.2 Å². The number of rotatable bonds is 4. The Balaban J connectivity index is 1.86. The number of allylic oxidation sites excluding steroid dienone is 1. The fourth-order valence-corrected chi connectivity index (χ4v) is 3.69. The van der Waals surface area contributed by atoms with E-state index in [0.717, 1.165) is 27.8 Å². The van der Waals surface area contributed by atoms with Crippen LogP contribution < -0.4 is 9.47 Å². The Hall–Kier alpha value is -3.33. The largest absolute Gasteiger partial charge is 0.493 e. The Morgan fingerprint density at radius 2 is 1.52 bits per heavy atom. The molecule has 4 rings (SSSR count). The first-order valence-electron chi connectivity index (χ1n) is 8.85. The van der Waals surface area contributed by atoms with Gasteiger partial charge in [0.15, 0.2) is 17.3 Å². The van der Waals surface area contributed by atoms with Crippen molar-refractivity contribution < 1.29 is 14.3 Å². The summed E-state index contributed by atoms with van der Waals surface area (Å²) in [7, 11) is 3.22. The minimum atomic E-state index is -0.0667. The van der Waals surface area contributed by atoms with E-state index in [0.29, 0.717) is 11.5 Å². The van der Waals surface area contributed by atoms with Gasteiger partial charge >= 0.3 is 0 Å². The van der Waals surface area contributed by atoms with Gasteiger partial charge < -0.3 is 9.47 Å². The average molecular weight is 356 g/mol. The lowest BCUT2D eigenvalue weighted by molar-refractivity contribution is 0.103. The molecule has 1 aliphatic rings. The van der Waals surface area contributed by atoms with Crippen LogP contribution in [0.4, 0.5) is 0 Å². The summed E-state index contributed by atoms with van der Waals surface area (Å²) >= 11 is 0. The molecule has 134 valence electrons. The van der Waals surface area contributed by atoms with Crippen LogP contribution in [0.25, 0.3) is 6.08 Å². The summed E-state index contributed by atoms with van der Waals surface area (Å²) in [5.41, 5.74) is 4.63. The zero-order valence-electron chi connectivity index (χ0n) is 15.3. The number of benzene rings is 3. The molecular formula is C24H20O3. The Morgan fingerprint density at radius 1 is 0.815 bits per heavy atom. The third-order valence-electron chi connectivity index (χ3n) is 4.95. The van der Waals surface area contributed by atoms with Gasteiger partial charge in [0.2, 0.25) is 0 Å². The molecule has 0 bridgehead atoms. The Morgan fingerprint density at radius 3 is 2.26 bits per heavy atom. The number of methoxy groups -OCH3 is 2. The van der Waals surface area contributed by atoms with Gasteiger partial charge in [-0.1, -0.05) is 60.7 Å². The van der Waals surface area contributed by atoms with Gasteiger partial charge in [-0.05, 0) is 34.9 Å². The maximum Gasteiger partial charge on any atom is 0.190 e. The summed E-state index contributed by atoms with van der Waals surface area (Å²) in [5.74, 6) is 1.32. The van der Waals surface area contributed by atoms with Gasteiger partial charge in [0.1, 0.15) is 0 Å². The molecule has 0 radical (unpaired) electrons. The van der Waals surface area contributed by atoms with Crippen LogP contribution in [-0.2, 0) is 0 Å². The highest BCUT2D eigenvalue weighted by atomic mass is 16.5. The molecule has 0 N–H and O–H groups in total. The molecule has 27 heavy (non-hydrogen) atoms. The normalized spacial score (nSPS) is 17.0. The van der Waals surface area contributed by atoms with Crippen LogP contribution in [0.15, 0.2) is 78.4 Å². The summed E-state index contributed by atoms with van der Waals surface area (Å²) in [4.78, 5) is 13.1. The molecular weight excluding hydrogens is 336 g/mol. The maximum absolute atomic E-state index is 13.1. The molecule has 3 aromatic carbocycles. The van der Waals surface area contributed by atoms with E-state index >= 15 is 0 Å². The molecule has 0 aromatic heterocycles. The molecule has 3 heteroatoms. The summed E-state index contributed by atoms with van der Waals surface area (Å²) in [6.07, 6.45) is 1.96. The second kappa shape index (κ2) is 7.12. The molecule has 3 nitrogen and oxygen atoms in total. The monoisotopic (exact) mass is 356 g/mol. The second-order valence-electron chi connectivity index (χ2n) is 6.47. The number of hydrogen-bond donors (Lipinski definition) is 0. The number of ketones is 1. The Bertz CT molecular complexity index is 1020. The number of hydrogen-bond acceptors (Lipinski definition) is 3. The summed E-state index contributed by atoms with van der Waals surface area (Å²) in [6.45, 7) is 0. The molecule has 0 saturated carbocycles. The molecule has 0 heterocycles. The van der Waals surface area contributed by atoms with E-state index in [1.807, 2.05) is 66.7 Å². The van der Waals surface area contributed by atoms with E-state index in [1.165, 1.54) is 0 Å². The zero-order valence-corrected chi connectivity index (χ0v) is 15.3. The van der Waals surface area contributed by atoms with E-state index in [2.05, 4.69) is 12.1 Å².